The van der Waals surface area contributed by atoms with Crippen LogP contribution < -0.4 is 4.90 Å². The molecule has 4 atom stereocenters. The van der Waals surface area contributed by atoms with Crippen molar-refractivity contribution in [3.63, 3.8) is 0 Å². The Hall–Kier alpha value is -2.59. The molecule has 3 N–H and O–H groups in total. The zero-order valence-corrected chi connectivity index (χ0v) is 14.8. The van der Waals surface area contributed by atoms with Gasteiger partial charge in [-0.3, -0.25) is 4.57 Å². The van der Waals surface area contributed by atoms with Crippen LogP contribution in [0, 0.1) is 0 Å². The average molecular weight is 371 g/mol. The van der Waals surface area contributed by atoms with Gasteiger partial charge >= 0.3 is 0 Å². The van der Waals surface area contributed by atoms with Crippen molar-refractivity contribution in [2.75, 3.05) is 18.6 Å². The number of aliphatic hydroxyl groups is 3. The minimum atomic E-state index is -1.19. The smallest absolute Gasteiger partial charge is 0.167 e. The molecule has 0 aliphatic carbocycles. The first-order chi connectivity index (χ1) is 13.1. The predicted octanol–water partition coefficient (Wildman–Crippen LogP) is 0.0742. The third kappa shape index (κ3) is 3.15. The molecule has 0 radical (unpaired) electrons. The molecule has 9 heteroatoms. The molecule has 1 aliphatic heterocycles. The van der Waals surface area contributed by atoms with Gasteiger partial charge in [-0.1, -0.05) is 30.3 Å². The van der Waals surface area contributed by atoms with Crippen molar-refractivity contribution < 1.29 is 20.1 Å². The molecule has 1 unspecified atom stereocenters. The summed E-state index contributed by atoms with van der Waals surface area (Å²) in [6.45, 7) is 0.259. The van der Waals surface area contributed by atoms with Gasteiger partial charge in [0.25, 0.3) is 0 Å². The predicted molar refractivity (Wildman–Crippen MR) is 96.9 cm³/mol. The number of imidazole rings is 1. The number of ether oxygens (including phenoxy) is 1. The van der Waals surface area contributed by atoms with Crippen LogP contribution in [0.2, 0.25) is 0 Å². The zero-order chi connectivity index (χ0) is 19.0. The first kappa shape index (κ1) is 17.8. The zero-order valence-electron chi connectivity index (χ0n) is 14.8. The number of rotatable bonds is 5. The molecule has 1 aromatic carbocycles. The van der Waals surface area contributed by atoms with Gasteiger partial charge in [0.15, 0.2) is 23.2 Å². The van der Waals surface area contributed by atoms with Crippen LogP contribution in [-0.2, 0) is 11.3 Å². The van der Waals surface area contributed by atoms with Gasteiger partial charge in [0.1, 0.15) is 24.6 Å². The molecule has 0 spiro atoms. The molecule has 9 nitrogen and oxygen atoms in total. The van der Waals surface area contributed by atoms with Crippen LogP contribution in [0.4, 0.5) is 5.82 Å². The Morgan fingerprint density at radius 2 is 1.89 bits per heavy atom. The van der Waals surface area contributed by atoms with Crippen LogP contribution in [0.5, 0.6) is 0 Å². The van der Waals surface area contributed by atoms with Crippen molar-refractivity contribution in [1.82, 2.24) is 19.5 Å². The molecular weight excluding hydrogens is 350 g/mol. The SMILES string of the molecule is CN(Cc1ccccc1)c1ncnc2c1ncn2[C@@H]1O[C@H](CO)C(O)[C@@H]1O. The fourth-order valence-electron chi connectivity index (χ4n) is 3.35. The van der Waals surface area contributed by atoms with Crippen LogP contribution >= 0.6 is 0 Å². The van der Waals surface area contributed by atoms with E-state index in [9.17, 15) is 15.3 Å². The largest absolute Gasteiger partial charge is 0.394 e. The lowest BCUT2D eigenvalue weighted by molar-refractivity contribution is -0.0511. The van der Waals surface area contributed by atoms with E-state index in [0.717, 1.165) is 5.56 Å². The Balaban J connectivity index is 1.66. The first-order valence-corrected chi connectivity index (χ1v) is 8.65. The highest BCUT2D eigenvalue weighted by atomic mass is 16.6. The van der Waals surface area contributed by atoms with Crippen molar-refractivity contribution in [2.24, 2.45) is 0 Å². The van der Waals surface area contributed by atoms with Gasteiger partial charge in [0.05, 0.1) is 12.9 Å². The fraction of sp³-hybridized carbons (Fsp3) is 0.389. The van der Waals surface area contributed by atoms with E-state index in [0.29, 0.717) is 23.5 Å². The van der Waals surface area contributed by atoms with Crippen LogP contribution in [0.15, 0.2) is 43.0 Å². The molecule has 1 saturated heterocycles. The molecule has 142 valence electrons. The minimum Gasteiger partial charge on any atom is -0.394 e. The lowest BCUT2D eigenvalue weighted by Gasteiger charge is -2.19. The first-order valence-electron chi connectivity index (χ1n) is 8.65. The number of nitrogens with zero attached hydrogens (tertiary/aromatic N) is 5. The van der Waals surface area contributed by atoms with Gasteiger partial charge in [0, 0.05) is 13.6 Å². The van der Waals surface area contributed by atoms with Crippen molar-refractivity contribution in [1.29, 1.82) is 0 Å². The van der Waals surface area contributed by atoms with Crippen molar-refractivity contribution in [3.05, 3.63) is 48.5 Å². The summed E-state index contributed by atoms with van der Waals surface area (Å²) < 4.78 is 7.14. The van der Waals surface area contributed by atoms with E-state index in [4.69, 9.17) is 4.74 Å². The Labute approximate surface area is 155 Å². The average Bonchev–Trinajstić information content (AvgIpc) is 3.24. The monoisotopic (exact) mass is 371 g/mol. The van der Waals surface area contributed by atoms with Gasteiger partial charge in [-0.05, 0) is 5.56 Å². The van der Waals surface area contributed by atoms with E-state index in [1.807, 2.05) is 42.3 Å². The minimum absolute atomic E-state index is 0.387. The summed E-state index contributed by atoms with van der Waals surface area (Å²) in [5, 5.41) is 29.6. The van der Waals surface area contributed by atoms with Gasteiger partial charge < -0.3 is 25.0 Å². The fourth-order valence-corrected chi connectivity index (χ4v) is 3.35. The van der Waals surface area contributed by atoms with E-state index in [1.165, 1.54) is 12.7 Å². The van der Waals surface area contributed by atoms with Crippen molar-refractivity contribution >= 4 is 17.0 Å². The summed E-state index contributed by atoms with van der Waals surface area (Å²) in [4.78, 5) is 15.0. The third-order valence-electron chi connectivity index (χ3n) is 4.75. The van der Waals surface area contributed by atoms with E-state index in [-0.39, 0.29) is 6.61 Å². The van der Waals surface area contributed by atoms with Crippen LogP contribution in [0.3, 0.4) is 0 Å². The summed E-state index contributed by atoms with van der Waals surface area (Å²) in [5.41, 5.74) is 2.18. The second-order valence-corrected chi connectivity index (χ2v) is 6.59. The van der Waals surface area contributed by atoms with Crippen LogP contribution in [0.1, 0.15) is 11.8 Å². The Bertz CT molecular complexity index is 919. The number of aliphatic hydroxyl groups excluding tert-OH is 3. The maximum atomic E-state index is 10.3. The number of hydrogen-bond acceptors (Lipinski definition) is 8. The lowest BCUT2D eigenvalue weighted by Crippen LogP contribution is -2.33. The van der Waals surface area contributed by atoms with Crippen LogP contribution in [0.25, 0.3) is 11.2 Å². The molecule has 0 amide bonds. The number of hydrogen-bond donors (Lipinski definition) is 3. The second kappa shape index (κ2) is 7.20. The quantitative estimate of drug-likeness (QED) is 0.577. The summed E-state index contributed by atoms with van der Waals surface area (Å²) in [7, 11) is 1.92. The molecule has 4 rings (SSSR count). The standard InChI is InChI=1S/C18H21N5O4/c1-22(7-11-5-3-2-4-6-11)16-13-17(20-9-19-16)23(10-21-13)18-15(26)14(25)12(8-24)27-18/h2-6,9-10,12,14-15,18,24-26H,7-8H2,1H3/t12-,14?,15+,18-/m1/s1. The highest BCUT2D eigenvalue weighted by Gasteiger charge is 2.44. The third-order valence-corrected chi connectivity index (χ3v) is 4.75. The Morgan fingerprint density at radius 1 is 1.11 bits per heavy atom. The van der Waals surface area contributed by atoms with Crippen molar-refractivity contribution in [3.8, 4) is 0 Å². The summed E-state index contributed by atoms with van der Waals surface area (Å²) >= 11 is 0. The van der Waals surface area contributed by atoms with Gasteiger partial charge in [-0.15, -0.1) is 0 Å². The second-order valence-electron chi connectivity index (χ2n) is 6.59. The molecular formula is C18H21N5O4. The van der Waals surface area contributed by atoms with Crippen molar-refractivity contribution in [2.45, 2.75) is 31.1 Å². The topological polar surface area (TPSA) is 117 Å². The maximum Gasteiger partial charge on any atom is 0.167 e. The maximum absolute atomic E-state index is 10.3. The number of fused-ring (bicyclic) bond motifs is 1. The molecule has 3 heterocycles. The molecule has 1 aliphatic rings. The summed E-state index contributed by atoms with van der Waals surface area (Å²) in [5.74, 6) is 0.648. The number of aromatic nitrogens is 4. The van der Waals surface area contributed by atoms with Crippen LogP contribution in [-0.4, -0.2) is 66.8 Å². The molecule has 0 bridgehead atoms. The summed E-state index contributed by atoms with van der Waals surface area (Å²) in [6.07, 6.45) is -1.19. The molecule has 1 fully saturated rings. The highest BCUT2D eigenvalue weighted by Crippen LogP contribution is 2.32. The molecule has 0 saturated carbocycles. The molecule has 2 aromatic heterocycles. The van der Waals surface area contributed by atoms with Gasteiger partial charge in [0.2, 0.25) is 0 Å². The molecule has 3 aromatic rings. The normalized spacial score (nSPS) is 25.2. The van der Waals surface area contributed by atoms with E-state index < -0.39 is 24.5 Å². The Kier molecular flexibility index (Phi) is 4.75. The number of benzene rings is 1. The van der Waals surface area contributed by atoms with Gasteiger partial charge in [-0.2, -0.15) is 0 Å². The number of anilines is 1. The highest BCUT2D eigenvalue weighted by molar-refractivity contribution is 5.83. The van der Waals surface area contributed by atoms with Gasteiger partial charge in [-0.25, -0.2) is 15.0 Å². The lowest BCUT2D eigenvalue weighted by atomic mass is 10.1. The summed E-state index contributed by atoms with van der Waals surface area (Å²) in [6, 6.07) is 10.00. The Morgan fingerprint density at radius 3 is 2.59 bits per heavy atom. The van der Waals surface area contributed by atoms with E-state index >= 15 is 0 Å². The molecule has 27 heavy (non-hydrogen) atoms. The van der Waals surface area contributed by atoms with E-state index in [1.54, 1.807) is 4.57 Å². The van der Waals surface area contributed by atoms with E-state index in [2.05, 4.69) is 15.0 Å².